The number of benzene rings is 1. The minimum atomic E-state index is 0. The van der Waals surface area contributed by atoms with E-state index in [1.807, 2.05) is 0 Å². The van der Waals surface area contributed by atoms with Gasteiger partial charge in [-0.3, -0.25) is 4.99 Å². The van der Waals surface area contributed by atoms with E-state index in [1.54, 1.807) is 0 Å². The molecular weight excluding hydrogens is 449 g/mol. The van der Waals surface area contributed by atoms with Gasteiger partial charge >= 0.3 is 0 Å². The maximum absolute atomic E-state index is 4.80. The molecule has 2 rings (SSSR count). The average Bonchev–Trinajstić information content (AvgIpc) is 3.05. The van der Waals surface area contributed by atoms with Crippen molar-refractivity contribution in [3.63, 3.8) is 0 Å². The lowest BCUT2D eigenvalue weighted by Gasteiger charge is -2.22. The van der Waals surface area contributed by atoms with Gasteiger partial charge in [-0.1, -0.05) is 18.2 Å². The van der Waals surface area contributed by atoms with Gasteiger partial charge in [-0.05, 0) is 44.0 Å². The Morgan fingerprint density at radius 2 is 1.81 bits per heavy atom. The van der Waals surface area contributed by atoms with Gasteiger partial charge in [-0.15, -0.1) is 24.0 Å². The fourth-order valence-electron chi connectivity index (χ4n) is 2.91. The van der Waals surface area contributed by atoms with Crippen LogP contribution in [0, 0.1) is 0 Å². The van der Waals surface area contributed by atoms with Crippen LogP contribution >= 0.6 is 24.0 Å². The predicted octanol–water partition coefficient (Wildman–Crippen LogP) is 3.96. The third-order valence-corrected chi connectivity index (χ3v) is 4.51. The molecule has 1 aromatic heterocycles. The molecule has 2 aromatic rings. The monoisotopic (exact) mass is 483 g/mol. The standard InChI is InChI=1S/C21H33N5.HI/c1-5-22-21(26(4)18-20-14-11-17-25(20)3)23-15-9-10-16-24(2)19-12-7-6-8-13-19;/h6-8,11-14,17H,5,9-10,15-16,18H2,1-4H3,(H,22,23);1H. The summed E-state index contributed by atoms with van der Waals surface area (Å²) in [7, 11) is 6.32. The highest BCUT2D eigenvalue weighted by atomic mass is 127. The van der Waals surface area contributed by atoms with Crippen LogP contribution in [0.1, 0.15) is 25.5 Å². The van der Waals surface area contributed by atoms with Crippen molar-refractivity contribution in [2.24, 2.45) is 12.0 Å². The number of guanidine groups is 1. The molecule has 0 aliphatic heterocycles. The highest BCUT2D eigenvalue weighted by Gasteiger charge is 2.08. The molecule has 0 spiro atoms. The number of hydrogen-bond donors (Lipinski definition) is 1. The predicted molar refractivity (Wildman–Crippen MR) is 127 cm³/mol. The van der Waals surface area contributed by atoms with E-state index in [0.717, 1.165) is 45.0 Å². The molecule has 1 aromatic carbocycles. The maximum Gasteiger partial charge on any atom is 0.194 e. The van der Waals surface area contributed by atoms with Crippen LogP contribution < -0.4 is 10.2 Å². The number of aryl methyl sites for hydroxylation is 1. The van der Waals surface area contributed by atoms with Crippen molar-refractivity contribution in [2.75, 3.05) is 38.6 Å². The highest BCUT2D eigenvalue weighted by molar-refractivity contribution is 14.0. The molecule has 0 saturated carbocycles. The Kier molecular flexibility index (Phi) is 10.9. The Balaban J connectivity index is 0.00000364. The van der Waals surface area contributed by atoms with Crippen LogP contribution in [0.15, 0.2) is 53.7 Å². The van der Waals surface area contributed by atoms with Crippen LogP contribution in [-0.4, -0.2) is 49.2 Å². The number of aromatic nitrogens is 1. The van der Waals surface area contributed by atoms with Crippen molar-refractivity contribution < 1.29 is 0 Å². The number of nitrogens with one attached hydrogen (secondary N) is 1. The SMILES string of the molecule is CCNC(=NCCCCN(C)c1ccccc1)N(C)Cc1cccn1C.I. The zero-order chi connectivity index (χ0) is 18.8. The summed E-state index contributed by atoms with van der Waals surface area (Å²) in [5, 5.41) is 3.40. The number of unbranched alkanes of at least 4 members (excludes halogenated alkanes) is 1. The van der Waals surface area contributed by atoms with E-state index in [2.05, 4.69) is 96.4 Å². The first-order chi connectivity index (χ1) is 12.6. The zero-order valence-electron chi connectivity index (χ0n) is 17.1. The van der Waals surface area contributed by atoms with Crippen molar-refractivity contribution in [1.29, 1.82) is 0 Å². The van der Waals surface area contributed by atoms with Crippen LogP contribution in [0.4, 0.5) is 5.69 Å². The number of halogens is 1. The minimum absolute atomic E-state index is 0. The van der Waals surface area contributed by atoms with Gasteiger partial charge in [-0.25, -0.2) is 0 Å². The number of anilines is 1. The number of rotatable bonds is 9. The summed E-state index contributed by atoms with van der Waals surface area (Å²) in [6, 6.07) is 14.8. The molecule has 0 aliphatic carbocycles. The lowest BCUT2D eigenvalue weighted by molar-refractivity contribution is 0.461. The summed E-state index contributed by atoms with van der Waals surface area (Å²) < 4.78 is 2.15. The summed E-state index contributed by atoms with van der Waals surface area (Å²) in [5.74, 6) is 0.977. The first kappa shape index (κ1) is 23.3. The lowest BCUT2D eigenvalue weighted by atomic mass is 10.2. The molecule has 1 N–H and O–H groups in total. The first-order valence-electron chi connectivity index (χ1n) is 9.47. The third kappa shape index (κ3) is 7.82. The van der Waals surface area contributed by atoms with E-state index in [9.17, 15) is 0 Å². The molecule has 1 heterocycles. The summed E-state index contributed by atoms with van der Waals surface area (Å²) in [6.07, 6.45) is 4.30. The second-order valence-corrected chi connectivity index (χ2v) is 6.67. The Morgan fingerprint density at radius 1 is 1.07 bits per heavy atom. The second-order valence-electron chi connectivity index (χ2n) is 6.67. The first-order valence-corrected chi connectivity index (χ1v) is 9.47. The number of para-hydroxylation sites is 1. The Morgan fingerprint density at radius 3 is 2.44 bits per heavy atom. The third-order valence-electron chi connectivity index (χ3n) is 4.51. The quantitative estimate of drug-likeness (QED) is 0.254. The van der Waals surface area contributed by atoms with E-state index >= 15 is 0 Å². The smallest absolute Gasteiger partial charge is 0.194 e. The van der Waals surface area contributed by atoms with E-state index in [-0.39, 0.29) is 24.0 Å². The molecular formula is C21H34IN5. The van der Waals surface area contributed by atoms with E-state index < -0.39 is 0 Å². The van der Waals surface area contributed by atoms with Gasteiger partial charge in [0.15, 0.2) is 5.96 Å². The second kappa shape index (κ2) is 12.6. The van der Waals surface area contributed by atoms with Gasteiger partial charge in [0.1, 0.15) is 0 Å². The van der Waals surface area contributed by atoms with Crippen LogP contribution in [0.2, 0.25) is 0 Å². The molecule has 0 amide bonds. The summed E-state index contributed by atoms with van der Waals surface area (Å²) in [5.41, 5.74) is 2.55. The number of hydrogen-bond acceptors (Lipinski definition) is 2. The maximum atomic E-state index is 4.80. The van der Waals surface area contributed by atoms with Crippen molar-refractivity contribution in [3.8, 4) is 0 Å². The van der Waals surface area contributed by atoms with Crippen LogP contribution in [0.25, 0.3) is 0 Å². The average molecular weight is 483 g/mol. The molecule has 0 unspecified atom stereocenters. The molecule has 6 heteroatoms. The van der Waals surface area contributed by atoms with Gasteiger partial charge in [0.25, 0.3) is 0 Å². The number of aliphatic imine (C=N–C) groups is 1. The van der Waals surface area contributed by atoms with Crippen LogP contribution in [0.3, 0.4) is 0 Å². The van der Waals surface area contributed by atoms with E-state index in [0.29, 0.717) is 0 Å². The molecule has 0 saturated heterocycles. The highest BCUT2D eigenvalue weighted by Crippen LogP contribution is 2.11. The molecule has 27 heavy (non-hydrogen) atoms. The Bertz CT molecular complexity index is 668. The molecule has 5 nitrogen and oxygen atoms in total. The van der Waals surface area contributed by atoms with Crippen molar-refractivity contribution in [1.82, 2.24) is 14.8 Å². The zero-order valence-corrected chi connectivity index (χ0v) is 19.4. The van der Waals surface area contributed by atoms with Gasteiger partial charge in [0.2, 0.25) is 0 Å². The fraction of sp³-hybridized carbons (Fsp3) is 0.476. The van der Waals surface area contributed by atoms with Crippen LogP contribution in [-0.2, 0) is 13.6 Å². The summed E-state index contributed by atoms with van der Waals surface area (Å²) in [4.78, 5) is 9.29. The minimum Gasteiger partial charge on any atom is -0.375 e. The molecule has 0 fully saturated rings. The van der Waals surface area contributed by atoms with Gasteiger partial charge < -0.3 is 19.7 Å². The molecule has 150 valence electrons. The Labute approximate surface area is 181 Å². The largest absolute Gasteiger partial charge is 0.375 e. The summed E-state index contributed by atoms with van der Waals surface area (Å²) in [6.45, 7) is 5.75. The van der Waals surface area contributed by atoms with Gasteiger partial charge in [0, 0.05) is 58.4 Å². The molecule has 0 atom stereocenters. The fourth-order valence-corrected chi connectivity index (χ4v) is 2.91. The number of nitrogens with zero attached hydrogens (tertiary/aromatic N) is 4. The molecule has 0 bridgehead atoms. The van der Waals surface area contributed by atoms with Gasteiger partial charge in [0.05, 0.1) is 6.54 Å². The van der Waals surface area contributed by atoms with E-state index in [1.165, 1.54) is 11.4 Å². The van der Waals surface area contributed by atoms with Crippen molar-refractivity contribution in [3.05, 3.63) is 54.4 Å². The van der Waals surface area contributed by atoms with Crippen LogP contribution in [0.5, 0.6) is 0 Å². The lowest BCUT2D eigenvalue weighted by Crippen LogP contribution is -2.38. The summed E-state index contributed by atoms with van der Waals surface area (Å²) >= 11 is 0. The van der Waals surface area contributed by atoms with Gasteiger partial charge in [-0.2, -0.15) is 0 Å². The molecule has 0 radical (unpaired) electrons. The Hall–Kier alpha value is -1.70. The van der Waals surface area contributed by atoms with Crippen molar-refractivity contribution >= 4 is 35.6 Å². The topological polar surface area (TPSA) is 35.8 Å². The normalized spacial score (nSPS) is 11.0. The molecule has 0 aliphatic rings. The van der Waals surface area contributed by atoms with E-state index in [4.69, 9.17) is 4.99 Å². The van der Waals surface area contributed by atoms with Crippen molar-refractivity contribution in [2.45, 2.75) is 26.3 Å².